The smallest absolute Gasteiger partial charge is 0.337 e. The predicted octanol–water partition coefficient (Wildman–Crippen LogP) is 3.27. The monoisotopic (exact) mass is 370 g/mol. The first-order valence-electron chi connectivity index (χ1n) is 8.54. The number of esters is 1. The normalized spacial score (nSPS) is 14.7. The van der Waals surface area contributed by atoms with E-state index in [0.717, 1.165) is 25.3 Å². The van der Waals surface area contributed by atoms with Crippen LogP contribution in [-0.4, -0.2) is 48.5 Å². The summed E-state index contributed by atoms with van der Waals surface area (Å²) in [5, 5.41) is 2.92. The highest BCUT2D eigenvalue weighted by Crippen LogP contribution is 2.17. The number of hydrogen-bond acceptors (Lipinski definition) is 5. The van der Waals surface area contributed by atoms with Crippen molar-refractivity contribution in [3.8, 4) is 0 Å². The first kappa shape index (κ1) is 18.5. The molecule has 2 aromatic carbocycles. The molecule has 1 fully saturated rings. The van der Waals surface area contributed by atoms with Crippen LogP contribution in [0.2, 0.25) is 0 Å². The molecule has 0 radical (unpaired) electrons. The zero-order chi connectivity index (χ0) is 18.4. The van der Waals surface area contributed by atoms with E-state index in [2.05, 4.69) is 21.0 Å². The van der Waals surface area contributed by atoms with Crippen LogP contribution in [0.4, 0.5) is 5.69 Å². The summed E-state index contributed by atoms with van der Waals surface area (Å²) in [6.45, 7) is 3.11. The van der Waals surface area contributed by atoms with Crippen molar-refractivity contribution in [1.29, 1.82) is 0 Å². The van der Waals surface area contributed by atoms with Crippen molar-refractivity contribution >= 4 is 29.3 Å². The third-order valence-electron chi connectivity index (χ3n) is 4.26. The van der Waals surface area contributed by atoms with Crippen LogP contribution >= 0.6 is 11.8 Å². The van der Waals surface area contributed by atoms with Gasteiger partial charge in [-0.3, -0.25) is 9.69 Å². The zero-order valence-electron chi connectivity index (χ0n) is 14.7. The van der Waals surface area contributed by atoms with Gasteiger partial charge in [0.1, 0.15) is 0 Å². The van der Waals surface area contributed by atoms with Crippen LogP contribution in [0.1, 0.15) is 26.3 Å². The van der Waals surface area contributed by atoms with Crippen molar-refractivity contribution in [2.75, 3.05) is 37.0 Å². The van der Waals surface area contributed by atoms with Gasteiger partial charge in [0.25, 0.3) is 5.91 Å². The van der Waals surface area contributed by atoms with Gasteiger partial charge in [-0.15, -0.1) is 0 Å². The standard InChI is InChI=1S/C20H22N2O3S/c1-25-20(24)17-7-5-16(6-8-17)19(23)21-18-4-2-3-15(13-18)14-22-9-11-26-12-10-22/h2-8,13H,9-12,14H2,1H3,(H,21,23). The maximum Gasteiger partial charge on any atom is 0.337 e. The van der Waals surface area contributed by atoms with Gasteiger partial charge in [-0.1, -0.05) is 12.1 Å². The van der Waals surface area contributed by atoms with Crippen LogP contribution in [0.15, 0.2) is 48.5 Å². The number of rotatable bonds is 5. The van der Waals surface area contributed by atoms with Crippen molar-refractivity contribution in [2.24, 2.45) is 0 Å². The summed E-state index contributed by atoms with van der Waals surface area (Å²) in [6.07, 6.45) is 0. The maximum atomic E-state index is 12.4. The molecule has 5 nitrogen and oxygen atoms in total. The number of anilines is 1. The Kier molecular flexibility index (Phi) is 6.30. The van der Waals surface area contributed by atoms with E-state index >= 15 is 0 Å². The Bertz CT molecular complexity index is 771. The number of carbonyl (C=O) groups is 2. The molecule has 26 heavy (non-hydrogen) atoms. The van der Waals surface area contributed by atoms with Gasteiger partial charge >= 0.3 is 5.97 Å². The van der Waals surface area contributed by atoms with Crippen LogP contribution in [0.25, 0.3) is 0 Å². The van der Waals surface area contributed by atoms with Gasteiger partial charge < -0.3 is 10.1 Å². The molecule has 6 heteroatoms. The fourth-order valence-corrected chi connectivity index (χ4v) is 3.82. The minimum Gasteiger partial charge on any atom is -0.465 e. The van der Waals surface area contributed by atoms with Crippen molar-refractivity contribution in [2.45, 2.75) is 6.54 Å². The van der Waals surface area contributed by atoms with Gasteiger partial charge in [-0.25, -0.2) is 4.79 Å². The molecule has 1 amide bonds. The molecular formula is C20H22N2O3S. The number of carbonyl (C=O) groups excluding carboxylic acids is 2. The molecule has 1 saturated heterocycles. The first-order valence-corrected chi connectivity index (χ1v) is 9.70. The second kappa shape index (κ2) is 8.87. The van der Waals surface area contributed by atoms with Gasteiger partial charge in [0.05, 0.1) is 12.7 Å². The van der Waals surface area contributed by atoms with E-state index in [4.69, 9.17) is 0 Å². The molecule has 0 unspecified atom stereocenters. The lowest BCUT2D eigenvalue weighted by Crippen LogP contribution is -2.31. The molecule has 0 spiro atoms. The number of benzene rings is 2. The summed E-state index contributed by atoms with van der Waals surface area (Å²) in [4.78, 5) is 26.3. The van der Waals surface area contributed by atoms with E-state index < -0.39 is 5.97 Å². The summed E-state index contributed by atoms with van der Waals surface area (Å²) in [6, 6.07) is 14.4. The number of amides is 1. The maximum absolute atomic E-state index is 12.4. The molecule has 1 aliphatic heterocycles. The zero-order valence-corrected chi connectivity index (χ0v) is 15.6. The minimum absolute atomic E-state index is 0.201. The topological polar surface area (TPSA) is 58.6 Å². The molecule has 0 saturated carbocycles. The Balaban J connectivity index is 1.63. The van der Waals surface area contributed by atoms with Gasteiger partial charge in [-0.2, -0.15) is 11.8 Å². The Morgan fingerprint density at radius 2 is 1.77 bits per heavy atom. The molecule has 0 aromatic heterocycles. The van der Waals surface area contributed by atoms with E-state index in [1.165, 1.54) is 24.2 Å². The van der Waals surface area contributed by atoms with E-state index in [0.29, 0.717) is 11.1 Å². The van der Waals surface area contributed by atoms with Crippen molar-refractivity contribution in [1.82, 2.24) is 4.90 Å². The van der Waals surface area contributed by atoms with Crippen LogP contribution in [-0.2, 0) is 11.3 Å². The number of ether oxygens (including phenoxy) is 1. The highest BCUT2D eigenvalue weighted by Gasteiger charge is 2.12. The predicted molar refractivity (Wildman–Crippen MR) is 105 cm³/mol. The lowest BCUT2D eigenvalue weighted by molar-refractivity contribution is 0.0600. The lowest BCUT2D eigenvalue weighted by Gasteiger charge is -2.26. The van der Waals surface area contributed by atoms with E-state index in [-0.39, 0.29) is 5.91 Å². The molecule has 0 aliphatic carbocycles. The van der Waals surface area contributed by atoms with Crippen molar-refractivity contribution in [3.05, 3.63) is 65.2 Å². The Morgan fingerprint density at radius 1 is 1.08 bits per heavy atom. The summed E-state index contributed by atoms with van der Waals surface area (Å²) >= 11 is 1.99. The summed E-state index contributed by atoms with van der Waals surface area (Å²) in [5.41, 5.74) is 2.88. The molecular weight excluding hydrogens is 348 g/mol. The van der Waals surface area contributed by atoms with Crippen molar-refractivity contribution in [3.63, 3.8) is 0 Å². The molecule has 1 N–H and O–H groups in total. The number of thioether (sulfide) groups is 1. The molecule has 3 rings (SSSR count). The number of nitrogens with zero attached hydrogens (tertiary/aromatic N) is 1. The first-order chi connectivity index (χ1) is 12.7. The molecule has 136 valence electrons. The fourth-order valence-electron chi connectivity index (χ4n) is 2.84. The number of hydrogen-bond donors (Lipinski definition) is 1. The Hall–Kier alpha value is -2.31. The largest absolute Gasteiger partial charge is 0.465 e. The Morgan fingerprint density at radius 3 is 2.46 bits per heavy atom. The average Bonchev–Trinajstić information content (AvgIpc) is 2.68. The minimum atomic E-state index is -0.416. The van der Waals surface area contributed by atoms with E-state index in [1.54, 1.807) is 24.3 Å². The van der Waals surface area contributed by atoms with Crippen LogP contribution < -0.4 is 5.32 Å². The summed E-state index contributed by atoms with van der Waals surface area (Å²) in [7, 11) is 1.33. The molecule has 2 aromatic rings. The third-order valence-corrected chi connectivity index (χ3v) is 5.21. The van der Waals surface area contributed by atoms with Crippen LogP contribution in [0, 0.1) is 0 Å². The second-order valence-corrected chi connectivity index (χ2v) is 7.34. The second-order valence-electron chi connectivity index (χ2n) is 6.11. The van der Waals surface area contributed by atoms with Crippen LogP contribution in [0.5, 0.6) is 0 Å². The highest BCUT2D eigenvalue weighted by atomic mass is 32.2. The molecule has 1 heterocycles. The number of nitrogens with one attached hydrogen (secondary N) is 1. The third kappa shape index (κ3) is 4.86. The molecule has 0 atom stereocenters. The molecule has 0 bridgehead atoms. The average molecular weight is 370 g/mol. The SMILES string of the molecule is COC(=O)c1ccc(C(=O)Nc2cccc(CN3CCSCC3)c2)cc1. The van der Waals surface area contributed by atoms with Crippen LogP contribution in [0.3, 0.4) is 0 Å². The number of methoxy groups -OCH3 is 1. The van der Waals surface area contributed by atoms with Gasteiger partial charge in [0, 0.05) is 42.4 Å². The summed E-state index contributed by atoms with van der Waals surface area (Å²) in [5.74, 6) is 1.74. The summed E-state index contributed by atoms with van der Waals surface area (Å²) < 4.78 is 4.66. The van der Waals surface area contributed by atoms with Gasteiger partial charge in [0.15, 0.2) is 0 Å². The van der Waals surface area contributed by atoms with E-state index in [9.17, 15) is 9.59 Å². The van der Waals surface area contributed by atoms with Gasteiger partial charge in [0.2, 0.25) is 0 Å². The fraction of sp³-hybridized carbons (Fsp3) is 0.300. The lowest BCUT2D eigenvalue weighted by atomic mass is 10.1. The van der Waals surface area contributed by atoms with E-state index in [1.807, 2.05) is 30.0 Å². The van der Waals surface area contributed by atoms with Gasteiger partial charge in [-0.05, 0) is 42.0 Å². The van der Waals surface area contributed by atoms with Crippen molar-refractivity contribution < 1.29 is 14.3 Å². The highest BCUT2D eigenvalue weighted by molar-refractivity contribution is 7.99. The molecule has 1 aliphatic rings. The Labute approximate surface area is 157 Å². The quantitative estimate of drug-likeness (QED) is 0.819.